The molecule has 1 aromatic rings. The number of benzene rings is 1. The van der Waals surface area contributed by atoms with Gasteiger partial charge in [0.15, 0.2) is 5.82 Å². The summed E-state index contributed by atoms with van der Waals surface area (Å²) >= 11 is 8.05. The molecule has 1 atom stereocenters. The monoisotopic (exact) mass is 332 g/mol. The lowest BCUT2D eigenvalue weighted by molar-refractivity contribution is 0.607. The summed E-state index contributed by atoms with van der Waals surface area (Å²) in [6.07, 6.45) is 3.28. The van der Waals surface area contributed by atoms with Crippen LogP contribution in [0, 0.1) is 5.82 Å². The van der Waals surface area contributed by atoms with E-state index in [1.807, 2.05) is 6.92 Å². The van der Waals surface area contributed by atoms with Gasteiger partial charge in [-0.05, 0) is 41.4 Å². The molecule has 0 radical (unpaired) electrons. The number of halogens is 2. The number of nitrogens with one attached hydrogen (secondary N) is 1. The number of hydrogen-bond acceptors (Lipinski definition) is 2. The Bertz CT molecular complexity index is 437. The molecule has 2 nitrogen and oxygen atoms in total. The average Bonchev–Trinajstić information content (AvgIpc) is 2.32. The first kappa shape index (κ1) is 15.4. The van der Waals surface area contributed by atoms with Crippen molar-refractivity contribution in [3.05, 3.63) is 28.0 Å². The van der Waals surface area contributed by atoms with Crippen molar-refractivity contribution in [3.63, 3.8) is 0 Å². The van der Waals surface area contributed by atoms with Crippen LogP contribution in [0.1, 0.15) is 38.7 Å². The minimum Gasteiger partial charge on any atom is -0.389 e. The number of rotatable bonds is 6. The van der Waals surface area contributed by atoms with E-state index in [0.717, 1.165) is 19.3 Å². The molecule has 5 heteroatoms. The zero-order chi connectivity index (χ0) is 13.7. The van der Waals surface area contributed by atoms with Crippen LogP contribution in [-0.4, -0.2) is 11.0 Å². The molecule has 0 spiro atoms. The molecule has 0 aromatic heterocycles. The second-order valence-electron chi connectivity index (χ2n) is 4.34. The maximum Gasteiger partial charge on any atom is 0.161 e. The fraction of sp³-hybridized carbons (Fsp3) is 0.462. The van der Waals surface area contributed by atoms with Crippen molar-refractivity contribution in [1.29, 1.82) is 0 Å². The zero-order valence-corrected chi connectivity index (χ0v) is 13.0. The highest BCUT2D eigenvalue weighted by Gasteiger charge is 2.14. The fourth-order valence-electron chi connectivity index (χ4n) is 1.70. The Morgan fingerprint density at radius 2 is 2.22 bits per heavy atom. The fourth-order valence-corrected chi connectivity index (χ4v) is 2.56. The highest BCUT2D eigenvalue weighted by atomic mass is 79.9. The molecule has 0 saturated heterocycles. The predicted octanol–water partition coefficient (Wildman–Crippen LogP) is 4.21. The van der Waals surface area contributed by atoms with Crippen LogP contribution in [0.15, 0.2) is 16.6 Å². The van der Waals surface area contributed by atoms with Crippen LogP contribution in [0.2, 0.25) is 0 Å². The van der Waals surface area contributed by atoms with Crippen molar-refractivity contribution >= 4 is 38.8 Å². The lowest BCUT2D eigenvalue weighted by atomic mass is 10.1. The van der Waals surface area contributed by atoms with Gasteiger partial charge in [-0.1, -0.05) is 32.0 Å². The van der Waals surface area contributed by atoms with Gasteiger partial charge in [-0.2, -0.15) is 0 Å². The Kier molecular flexibility index (Phi) is 6.02. The van der Waals surface area contributed by atoms with Crippen molar-refractivity contribution < 1.29 is 4.39 Å². The minimum atomic E-state index is -0.344. The summed E-state index contributed by atoms with van der Waals surface area (Å²) in [5, 5.41) is 3.16. The van der Waals surface area contributed by atoms with Gasteiger partial charge in [-0.15, -0.1) is 0 Å². The standard InChI is InChI=1S/C13H18BrFN2S/c1-3-4-5-8(2)17-10-7-6-9(13(16)18)11(14)12(10)15/h6-8,17H,3-5H2,1-2H3,(H2,16,18). The summed E-state index contributed by atoms with van der Waals surface area (Å²) < 4.78 is 14.4. The lowest BCUT2D eigenvalue weighted by Crippen LogP contribution is -2.17. The SMILES string of the molecule is CCCCC(C)Nc1ccc(C(N)=S)c(Br)c1F. The van der Waals surface area contributed by atoms with E-state index < -0.39 is 0 Å². The van der Waals surface area contributed by atoms with Crippen LogP contribution in [-0.2, 0) is 0 Å². The van der Waals surface area contributed by atoms with E-state index in [1.165, 1.54) is 0 Å². The van der Waals surface area contributed by atoms with Gasteiger partial charge in [0.2, 0.25) is 0 Å². The number of anilines is 1. The second kappa shape index (κ2) is 7.04. The number of thiocarbonyl (C=S) groups is 1. The van der Waals surface area contributed by atoms with Gasteiger partial charge < -0.3 is 11.1 Å². The van der Waals surface area contributed by atoms with Crippen LogP contribution in [0.4, 0.5) is 10.1 Å². The van der Waals surface area contributed by atoms with E-state index in [9.17, 15) is 4.39 Å². The molecule has 100 valence electrons. The summed E-state index contributed by atoms with van der Waals surface area (Å²) in [5.74, 6) is -0.344. The third-order valence-corrected chi connectivity index (χ3v) is 3.74. The van der Waals surface area contributed by atoms with Crippen LogP contribution >= 0.6 is 28.1 Å². The number of hydrogen-bond donors (Lipinski definition) is 2. The van der Waals surface area contributed by atoms with Crippen molar-refractivity contribution in [2.75, 3.05) is 5.32 Å². The Balaban J connectivity index is 2.85. The molecule has 0 bridgehead atoms. The van der Waals surface area contributed by atoms with Crippen molar-refractivity contribution in [2.24, 2.45) is 5.73 Å². The molecule has 18 heavy (non-hydrogen) atoms. The van der Waals surface area contributed by atoms with E-state index in [1.54, 1.807) is 12.1 Å². The Hall–Kier alpha value is -0.680. The third kappa shape index (κ3) is 3.92. The zero-order valence-electron chi connectivity index (χ0n) is 10.6. The van der Waals surface area contributed by atoms with Gasteiger partial charge in [0.05, 0.1) is 10.2 Å². The Morgan fingerprint density at radius 3 is 2.78 bits per heavy atom. The summed E-state index contributed by atoms with van der Waals surface area (Å²) in [5.41, 5.74) is 6.51. The van der Waals surface area contributed by atoms with Crippen molar-refractivity contribution in [3.8, 4) is 0 Å². The van der Waals surface area contributed by atoms with Gasteiger partial charge in [0.1, 0.15) is 4.99 Å². The van der Waals surface area contributed by atoms with Crippen molar-refractivity contribution in [2.45, 2.75) is 39.2 Å². The Labute approximate surface area is 121 Å². The number of nitrogens with two attached hydrogens (primary N) is 1. The largest absolute Gasteiger partial charge is 0.389 e. The van der Waals surface area contributed by atoms with Crippen LogP contribution in [0.3, 0.4) is 0 Å². The van der Waals surface area contributed by atoms with Gasteiger partial charge in [0, 0.05) is 11.6 Å². The van der Waals surface area contributed by atoms with Gasteiger partial charge in [-0.3, -0.25) is 0 Å². The maximum absolute atomic E-state index is 14.1. The molecule has 0 heterocycles. The van der Waals surface area contributed by atoms with E-state index in [4.69, 9.17) is 18.0 Å². The molecule has 0 aliphatic rings. The van der Waals surface area contributed by atoms with E-state index in [0.29, 0.717) is 15.7 Å². The molecule has 0 fully saturated rings. The van der Waals surface area contributed by atoms with Gasteiger partial charge in [-0.25, -0.2) is 4.39 Å². The highest BCUT2D eigenvalue weighted by molar-refractivity contribution is 9.10. The van der Waals surface area contributed by atoms with E-state index in [-0.39, 0.29) is 16.8 Å². The molecular formula is C13H18BrFN2S. The lowest BCUT2D eigenvalue weighted by Gasteiger charge is -2.17. The third-order valence-electron chi connectivity index (χ3n) is 2.74. The highest BCUT2D eigenvalue weighted by Crippen LogP contribution is 2.27. The van der Waals surface area contributed by atoms with Crippen LogP contribution < -0.4 is 11.1 Å². The topological polar surface area (TPSA) is 38.0 Å². The van der Waals surface area contributed by atoms with Crippen molar-refractivity contribution in [1.82, 2.24) is 0 Å². The summed E-state index contributed by atoms with van der Waals surface area (Å²) in [6, 6.07) is 3.64. The smallest absolute Gasteiger partial charge is 0.161 e. The molecule has 1 aromatic carbocycles. The molecule has 1 unspecified atom stereocenters. The number of unbranched alkanes of at least 4 members (excludes halogenated alkanes) is 1. The summed E-state index contributed by atoms with van der Waals surface area (Å²) in [4.78, 5) is 0.186. The molecule has 3 N–H and O–H groups in total. The predicted molar refractivity (Wildman–Crippen MR) is 82.6 cm³/mol. The van der Waals surface area contributed by atoms with Crippen LogP contribution in [0.5, 0.6) is 0 Å². The van der Waals surface area contributed by atoms with E-state index in [2.05, 4.69) is 28.2 Å². The molecular weight excluding hydrogens is 315 g/mol. The van der Waals surface area contributed by atoms with E-state index >= 15 is 0 Å². The normalized spacial score (nSPS) is 12.2. The summed E-state index contributed by atoms with van der Waals surface area (Å²) in [6.45, 7) is 4.19. The molecule has 1 rings (SSSR count). The average molecular weight is 333 g/mol. The molecule has 0 amide bonds. The van der Waals surface area contributed by atoms with Crippen LogP contribution in [0.25, 0.3) is 0 Å². The maximum atomic E-state index is 14.1. The van der Waals surface area contributed by atoms with Gasteiger partial charge in [0.25, 0.3) is 0 Å². The second-order valence-corrected chi connectivity index (χ2v) is 5.57. The quantitative estimate of drug-likeness (QED) is 0.766. The summed E-state index contributed by atoms with van der Waals surface area (Å²) in [7, 11) is 0. The first-order valence-electron chi connectivity index (χ1n) is 6.01. The first-order valence-corrected chi connectivity index (χ1v) is 7.21. The molecule has 0 aliphatic carbocycles. The minimum absolute atomic E-state index is 0.186. The first-order chi connectivity index (χ1) is 8.47. The van der Waals surface area contributed by atoms with Gasteiger partial charge >= 0.3 is 0 Å². The molecule has 0 aliphatic heterocycles. The Morgan fingerprint density at radius 1 is 1.56 bits per heavy atom. The molecule has 0 saturated carbocycles.